The van der Waals surface area contributed by atoms with E-state index in [-0.39, 0.29) is 25.7 Å². The molecule has 102 heavy (non-hydrogen) atoms. The highest BCUT2D eigenvalue weighted by atomic mass is 31.2. The molecule has 0 aliphatic carbocycles. The molecule has 0 rings (SSSR count). The normalized spacial score (nSPS) is 14.3. The average Bonchev–Trinajstić information content (AvgIpc) is 0.926. The Labute approximate surface area is 621 Å². The van der Waals surface area contributed by atoms with Crippen molar-refractivity contribution in [1.82, 2.24) is 0 Å². The number of carbonyl (C=O) groups is 4. The quantitative estimate of drug-likeness (QED) is 0.0169. The second-order valence-corrected chi connectivity index (χ2v) is 30.2. The molecular weight excluding hydrogens is 1330 g/mol. The third-order valence-electron chi connectivity index (χ3n) is 17.4. The molecule has 0 radical (unpaired) electrons. The van der Waals surface area contributed by atoms with Gasteiger partial charge in [-0.25, -0.2) is 9.13 Å². The summed E-state index contributed by atoms with van der Waals surface area (Å²) in [5, 5.41) is 10.6. The van der Waals surface area contributed by atoms with E-state index in [1.54, 1.807) is 0 Å². The maximum Gasteiger partial charge on any atom is 0.472 e. The van der Waals surface area contributed by atoms with E-state index in [2.05, 4.69) is 113 Å². The largest absolute Gasteiger partial charge is 0.472 e. The van der Waals surface area contributed by atoms with Crippen molar-refractivity contribution in [1.29, 1.82) is 0 Å². The average molecular weight is 1480 g/mol. The second-order valence-electron chi connectivity index (χ2n) is 27.3. The maximum atomic E-state index is 13.1. The summed E-state index contributed by atoms with van der Waals surface area (Å²) >= 11 is 0. The molecule has 592 valence electrons. The molecule has 0 saturated carbocycles. The van der Waals surface area contributed by atoms with Gasteiger partial charge in [0.2, 0.25) is 0 Å². The molecule has 0 fully saturated rings. The number of rotatable bonds is 77. The van der Waals surface area contributed by atoms with E-state index in [4.69, 9.17) is 37.0 Å². The van der Waals surface area contributed by atoms with Crippen molar-refractivity contribution in [2.45, 2.75) is 380 Å². The lowest BCUT2D eigenvalue weighted by molar-refractivity contribution is -0.161. The lowest BCUT2D eigenvalue weighted by Gasteiger charge is -2.21. The summed E-state index contributed by atoms with van der Waals surface area (Å²) in [7, 11) is -9.96. The Morgan fingerprint density at radius 1 is 0.284 bits per heavy atom. The van der Waals surface area contributed by atoms with Gasteiger partial charge >= 0.3 is 39.5 Å². The first kappa shape index (κ1) is 98.2. The number of unbranched alkanes of at least 4 members (excludes halogenated alkanes) is 37. The first-order chi connectivity index (χ1) is 49.7. The Balaban J connectivity index is 5.36. The van der Waals surface area contributed by atoms with Crippen LogP contribution in [0.1, 0.15) is 362 Å². The van der Waals surface area contributed by atoms with Crippen LogP contribution in [0.25, 0.3) is 0 Å². The van der Waals surface area contributed by atoms with Crippen LogP contribution in [-0.2, 0) is 65.4 Å². The molecule has 0 aromatic rings. The number of phosphoric ester groups is 2. The van der Waals surface area contributed by atoms with Gasteiger partial charge in [0, 0.05) is 25.7 Å². The number of hydrogen-bond donors (Lipinski definition) is 3. The predicted molar refractivity (Wildman–Crippen MR) is 418 cm³/mol. The SMILES string of the molecule is CC/C=C\C/C=C\C/C=C\C/C=C\CCCCC(=O)OCC(COP(=O)(O)OCC(O)COP(=O)(O)OCC(COC(=O)CCCCCCCCC/C=C\C/C=C\C/C=C\CC)OC(=O)CCCCCCCCCCCCCCCCC)OC(=O)CCCCCCCCCCCCCCCCC. The standard InChI is InChI=1S/C83H148O17P2/c1-5-9-13-17-21-25-29-33-37-38-42-44-48-52-56-60-64-68-81(86)94-74-79(100-83(88)70-66-62-58-54-50-46-41-36-32-28-24-20-16-12-8-4)76-98-102(91,92)96-72-77(84)71-95-101(89,90)97-75-78(99-82(87)69-65-61-57-53-49-45-40-35-31-27-23-19-15-11-7-3)73-93-80(85)67-63-59-55-51-47-43-39-34-30-26-22-18-14-10-6-2/h9-10,13-14,21-22,25-26,33-34,37,39,47,51,77-79,84H,5-8,11-12,15-20,23-24,27-32,35-36,38,40-46,48-50,52-76H2,1-4H3,(H,89,90)(H,91,92)/b13-9-,14-10-,25-21-,26-22-,37-33-,39-34-,51-47-. The summed E-state index contributed by atoms with van der Waals surface area (Å²) in [6.45, 7) is 4.67. The van der Waals surface area contributed by atoms with Gasteiger partial charge in [-0.3, -0.25) is 37.3 Å². The highest BCUT2D eigenvalue weighted by molar-refractivity contribution is 7.47. The molecule has 0 aromatic heterocycles. The van der Waals surface area contributed by atoms with E-state index < -0.39 is 97.5 Å². The summed E-state index contributed by atoms with van der Waals surface area (Å²) < 4.78 is 68.7. The Bertz CT molecular complexity index is 2260. The van der Waals surface area contributed by atoms with Crippen molar-refractivity contribution in [2.24, 2.45) is 0 Å². The van der Waals surface area contributed by atoms with Gasteiger partial charge < -0.3 is 33.8 Å². The van der Waals surface area contributed by atoms with Gasteiger partial charge in [-0.15, -0.1) is 0 Å². The van der Waals surface area contributed by atoms with Gasteiger partial charge in [0.1, 0.15) is 19.3 Å². The van der Waals surface area contributed by atoms with Crippen LogP contribution in [-0.4, -0.2) is 96.7 Å². The molecule has 0 aliphatic rings. The van der Waals surface area contributed by atoms with Crippen molar-refractivity contribution < 1.29 is 80.2 Å². The fourth-order valence-electron chi connectivity index (χ4n) is 11.2. The maximum absolute atomic E-state index is 13.1. The summed E-state index contributed by atoms with van der Waals surface area (Å²) in [6, 6.07) is 0. The van der Waals surface area contributed by atoms with Gasteiger partial charge in [-0.05, 0) is 96.3 Å². The van der Waals surface area contributed by atoms with Crippen LogP contribution in [0.15, 0.2) is 85.1 Å². The third-order valence-corrected chi connectivity index (χ3v) is 19.3. The highest BCUT2D eigenvalue weighted by Crippen LogP contribution is 2.45. The minimum atomic E-state index is -4.98. The molecule has 0 saturated heterocycles. The predicted octanol–water partition coefficient (Wildman–Crippen LogP) is 23.8. The van der Waals surface area contributed by atoms with Crippen LogP contribution in [0, 0.1) is 0 Å². The number of allylic oxidation sites excluding steroid dienone is 14. The summed E-state index contributed by atoms with van der Waals surface area (Å²) in [6.07, 6.45) is 78.4. The van der Waals surface area contributed by atoms with Crippen molar-refractivity contribution in [3.05, 3.63) is 85.1 Å². The molecule has 0 spiro atoms. The second kappa shape index (κ2) is 75.5. The number of hydrogen-bond acceptors (Lipinski definition) is 15. The van der Waals surface area contributed by atoms with Crippen LogP contribution < -0.4 is 0 Å². The molecule has 5 unspecified atom stereocenters. The van der Waals surface area contributed by atoms with Gasteiger partial charge in [-0.1, -0.05) is 325 Å². The summed E-state index contributed by atoms with van der Waals surface area (Å²) in [5.41, 5.74) is 0. The van der Waals surface area contributed by atoms with E-state index in [0.717, 1.165) is 154 Å². The fraction of sp³-hybridized carbons (Fsp3) is 0.783. The first-order valence-electron chi connectivity index (χ1n) is 40.8. The Morgan fingerprint density at radius 3 is 0.804 bits per heavy atom. The van der Waals surface area contributed by atoms with E-state index in [1.165, 1.54) is 128 Å². The third kappa shape index (κ3) is 74.5. The van der Waals surface area contributed by atoms with Crippen molar-refractivity contribution in [3.63, 3.8) is 0 Å². The van der Waals surface area contributed by atoms with Crippen molar-refractivity contribution in [3.8, 4) is 0 Å². The van der Waals surface area contributed by atoms with E-state index in [1.807, 2.05) is 0 Å². The van der Waals surface area contributed by atoms with E-state index in [0.29, 0.717) is 25.7 Å². The van der Waals surface area contributed by atoms with Crippen molar-refractivity contribution in [2.75, 3.05) is 39.6 Å². The summed E-state index contributed by atoms with van der Waals surface area (Å²) in [5.74, 6) is -2.20. The number of phosphoric acid groups is 2. The minimum Gasteiger partial charge on any atom is -0.462 e. The van der Waals surface area contributed by atoms with Crippen LogP contribution in [0.3, 0.4) is 0 Å². The van der Waals surface area contributed by atoms with Gasteiger partial charge in [0.05, 0.1) is 26.4 Å². The molecule has 0 aliphatic heterocycles. The number of esters is 4. The number of aliphatic hydroxyl groups excluding tert-OH is 1. The zero-order chi connectivity index (χ0) is 74.6. The molecule has 5 atom stereocenters. The lowest BCUT2D eigenvalue weighted by Crippen LogP contribution is -2.30. The number of ether oxygens (including phenoxy) is 4. The molecule has 0 bridgehead atoms. The Kier molecular flexibility index (Phi) is 72.7. The summed E-state index contributed by atoms with van der Waals surface area (Å²) in [4.78, 5) is 73.1. The van der Waals surface area contributed by atoms with E-state index >= 15 is 0 Å². The van der Waals surface area contributed by atoms with Crippen molar-refractivity contribution >= 4 is 39.5 Å². The smallest absolute Gasteiger partial charge is 0.462 e. The van der Waals surface area contributed by atoms with Gasteiger partial charge in [0.15, 0.2) is 12.2 Å². The first-order valence-corrected chi connectivity index (χ1v) is 43.8. The van der Waals surface area contributed by atoms with Gasteiger partial charge in [0.25, 0.3) is 0 Å². The molecule has 19 heteroatoms. The molecule has 0 aromatic carbocycles. The lowest BCUT2D eigenvalue weighted by atomic mass is 10.0. The van der Waals surface area contributed by atoms with Crippen LogP contribution >= 0.6 is 15.6 Å². The Hall–Kier alpha value is -3.76. The van der Waals surface area contributed by atoms with Crippen LogP contribution in [0.4, 0.5) is 0 Å². The Morgan fingerprint density at radius 2 is 0.510 bits per heavy atom. The van der Waals surface area contributed by atoms with Crippen LogP contribution in [0.5, 0.6) is 0 Å². The number of aliphatic hydroxyl groups is 1. The van der Waals surface area contributed by atoms with E-state index in [9.17, 15) is 43.2 Å². The minimum absolute atomic E-state index is 0.0908. The fourth-order valence-corrected chi connectivity index (χ4v) is 12.8. The zero-order valence-corrected chi connectivity index (χ0v) is 66.6. The number of carbonyl (C=O) groups excluding carboxylic acids is 4. The highest BCUT2D eigenvalue weighted by Gasteiger charge is 2.30. The van der Waals surface area contributed by atoms with Crippen LogP contribution in [0.2, 0.25) is 0 Å². The topological polar surface area (TPSA) is 237 Å². The molecular formula is C83H148O17P2. The molecule has 17 nitrogen and oxygen atoms in total. The monoisotopic (exact) mass is 1480 g/mol. The zero-order valence-electron chi connectivity index (χ0n) is 64.8. The molecule has 3 N–H and O–H groups in total. The molecule has 0 heterocycles. The molecule has 0 amide bonds. The van der Waals surface area contributed by atoms with Gasteiger partial charge in [-0.2, -0.15) is 0 Å².